The first kappa shape index (κ1) is 23.9. The van der Waals surface area contributed by atoms with Crippen molar-refractivity contribution in [2.75, 3.05) is 18.7 Å². The summed E-state index contributed by atoms with van der Waals surface area (Å²) in [5, 5.41) is 5.48. The molecule has 0 radical (unpaired) electrons. The molecule has 0 aliphatic heterocycles. The molecule has 14 heteroatoms. The molecular weight excluding hydrogens is 463 g/mol. The Bertz CT molecular complexity index is 1130. The zero-order chi connectivity index (χ0) is 23.9. The summed E-state index contributed by atoms with van der Waals surface area (Å²) >= 11 is 0. The molecule has 0 bridgehead atoms. The van der Waals surface area contributed by atoms with Gasteiger partial charge in [-0.25, -0.2) is 22.2 Å². The number of pyridine rings is 1. The van der Waals surface area contributed by atoms with E-state index in [-0.39, 0.29) is 18.7 Å². The van der Waals surface area contributed by atoms with Crippen LogP contribution in [0.5, 0.6) is 5.88 Å². The lowest BCUT2D eigenvalue weighted by molar-refractivity contribution is -0.139. The molecule has 2 aromatic heterocycles. The van der Waals surface area contributed by atoms with Gasteiger partial charge in [0, 0.05) is 37.5 Å². The number of rotatable bonds is 6. The number of nitrogens with zero attached hydrogens (tertiary/aromatic N) is 3. The van der Waals surface area contributed by atoms with E-state index in [4.69, 9.17) is 4.74 Å². The molecule has 1 N–H and O–H groups in total. The Balaban J connectivity index is 2.01. The largest absolute Gasteiger partial charge is 0.479 e. The van der Waals surface area contributed by atoms with Crippen molar-refractivity contribution < 1.29 is 39.9 Å². The molecule has 176 valence electrons. The highest BCUT2D eigenvalue weighted by Crippen LogP contribution is 2.42. The Morgan fingerprint density at radius 1 is 1.38 bits per heavy atom. The lowest BCUT2D eigenvalue weighted by Crippen LogP contribution is -2.24. The molecule has 0 spiro atoms. The van der Waals surface area contributed by atoms with Crippen molar-refractivity contribution in [2.24, 2.45) is 5.92 Å². The average molecular weight is 482 g/mol. The number of hydrogen-bond acceptors (Lipinski definition) is 6. The van der Waals surface area contributed by atoms with E-state index in [2.05, 4.69) is 15.4 Å². The molecule has 8 nitrogen and oxygen atoms in total. The molecule has 3 rings (SSSR count). The minimum absolute atomic E-state index is 0.0552. The average Bonchev–Trinajstić information content (AvgIpc) is 3.20. The Morgan fingerprint density at radius 2 is 2.06 bits per heavy atom. The highest BCUT2D eigenvalue weighted by atomic mass is 32.2. The van der Waals surface area contributed by atoms with Crippen LogP contribution in [-0.2, 0) is 22.6 Å². The molecule has 0 aromatic carbocycles. The monoisotopic (exact) mass is 482 g/mol. The second kappa shape index (κ2) is 8.30. The molecule has 1 saturated carbocycles. The number of ether oxygens (including phenoxy) is 1. The first-order valence-corrected chi connectivity index (χ1v) is 11.2. The van der Waals surface area contributed by atoms with Gasteiger partial charge in [0.25, 0.3) is 5.91 Å². The number of alkyl halides is 5. The number of sulfone groups is 1. The molecule has 2 heterocycles. The fraction of sp³-hybridized carbons (Fsp3) is 0.500. The molecule has 1 amide bonds. The third kappa shape index (κ3) is 5.16. The van der Waals surface area contributed by atoms with E-state index in [0.717, 1.165) is 25.6 Å². The molecule has 1 unspecified atom stereocenters. The standard InChI is InChI=1S/C18H19F5N4O4S/c1-31-16-13(18(21,22)23)14(27(26-16)9-10-3-5-17(19,20)8-10)15(28)25-11-4-6-24-12(7-11)32(2,29)30/h4,6-7,10H,3,5,8-9H2,1-2H3,(H,24,25,28). The maximum atomic E-state index is 13.7. The van der Waals surface area contributed by atoms with Gasteiger partial charge < -0.3 is 10.1 Å². The van der Waals surface area contributed by atoms with Gasteiger partial charge in [0.15, 0.2) is 14.9 Å². The normalized spacial score (nSPS) is 18.5. The summed E-state index contributed by atoms with van der Waals surface area (Å²) in [6.07, 6.45) is -3.99. The van der Waals surface area contributed by atoms with Gasteiger partial charge in [-0.1, -0.05) is 0 Å². The van der Waals surface area contributed by atoms with Crippen LogP contribution in [0.1, 0.15) is 35.3 Å². The van der Waals surface area contributed by atoms with Crippen LogP contribution >= 0.6 is 0 Å². The van der Waals surface area contributed by atoms with Crippen LogP contribution in [0.3, 0.4) is 0 Å². The van der Waals surface area contributed by atoms with Crippen molar-refractivity contribution >= 4 is 21.4 Å². The van der Waals surface area contributed by atoms with E-state index in [9.17, 15) is 35.2 Å². The fourth-order valence-corrected chi connectivity index (χ4v) is 4.12. The van der Waals surface area contributed by atoms with E-state index in [1.807, 2.05) is 0 Å². The van der Waals surface area contributed by atoms with Crippen LogP contribution in [0.4, 0.5) is 27.6 Å². The van der Waals surface area contributed by atoms with Gasteiger partial charge in [-0.3, -0.25) is 9.48 Å². The van der Waals surface area contributed by atoms with E-state index in [0.29, 0.717) is 4.68 Å². The fourth-order valence-electron chi connectivity index (χ4n) is 3.52. The number of carbonyl (C=O) groups is 1. The summed E-state index contributed by atoms with van der Waals surface area (Å²) in [6.45, 7) is -0.351. The Kier molecular flexibility index (Phi) is 6.19. The van der Waals surface area contributed by atoms with Crippen LogP contribution in [0, 0.1) is 5.92 Å². The van der Waals surface area contributed by atoms with Crippen molar-refractivity contribution in [3.05, 3.63) is 29.6 Å². The van der Waals surface area contributed by atoms with Crippen LogP contribution in [0.2, 0.25) is 0 Å². The first-order chi connectivity index (χ1) is 14.7. The third-order valence-electron chi connectivity index (χ3n) is 4.92. The number of aromatic nitrogens is 3. The highest BCUT2D eigenvalue weighted by Gasteiger charge is 2.45. The summed E-state index contributed by atoms with van der Waals surface area (Å²) in [7, 11) is -2.80. The van der Waals surface area contributed by atoms with Gasteiger partial charge in [0.1, 0.15) is 11.3 Å². The number of halogens is 5. The van der Waals surface area contributed by atoms with Crippen molar-refractivity contribution in [3.8, 4) is 5.88 Å². The zero-order valence-corrected chi connectivity index (χ0v) is 17.7. The van der Waals surface area contributed by atoms with Crippen LogP contribution in [-0.4, -0.2) is 48.4 Å². The number of anilines is 1. The summed E-state index contributed by atoms with van der Waals surface area (Å²) in [5.41, 5.74) is -2.51. The van der Waals surface area contributed by atoms with Gasteiger partial charge in [-0.2, -0.15) is 13.2 Å². The van der Waals surface area contributed by atoms with Gasteiger partial charge in [0.05, 0.1) is 7.11 Å². The zero-order valence-electron chi connectivity index (χ0n) is 16.9. The lowest BCUT2D eigenvalue weighted by atomic mass is 10.1. The Labute approximate surface area is 179 Å². The van der Waals surface area contributed by atoms with Crippen molar-refractivity contribution in [1.82, 2.24) is 14.8 Å². The molecule has 2 aromatic rings. The summed E-state index contributed by atoms with van der Waals surface area (Å²) < 4.78 is 97.0. The van der Waals surface area contributed by atoms with Gasteiger partial charge in [-0.15, -0.1) is 5.10 Å². The van der Waals surface area contributed by atoms with Crippen molar-refractivity contribution in [3.63, 3.8) is 0 Å². The molecular formula is C18H19F5N4O4S. The van der Waals surface area contributed by atoms with Crippen molar-refractivity contribution in [1.29, 1.82) is 0 Å². The van der Waals surface area contributed by atoms with Gasteiger partial charge in [0.2, 0.25) is 11.8 Å². The minimum atomic E-state index is -5.04. The third-order valence-corrected chi connectivity index (χ3v) is 5.90. The second-order valence-corrected chi connectivity index (χ2v) is 9.45. The number of methoxy groups -OCH3 is 1. The maximum Gasteiger partial charge on any atom is 0.423 e. The molecule has 1 fully saturated rings. The van der Waals surface area contributed by atoms with E-state index in [1.54, 1.807) is 0 Å². The Morgan fingerprint density at radius 3 is 2.59 bits per heavy atom. The molecule has 1 atom stereocenters. The van der Waals surface area contributed by atoms with E-state index < -0.39 is 68.8 Å². The summed E-state index contributed by atoms with van der Waals surface area (Å²) in [5.74, 6) is -5.77. The number of carbonyl (C=O) groups excluding carboxylic acids is 1. The quantitative estimate of drug-likeness (QED) is 0.634. The van der Waals surface area contributed by atoms with Crippen LogP contribution in [0.15, 0.2) is 23.4 Å². The predicted molar refractivity (Wildman–Crippen MR) is 101 cm³/mol. The maximum absolute atomic E-state index is 13.7. The first-order valence-electron chi connectivity index (χ1n) is 9.28. The van der Waals surface area contributed by atoms with E-state index >= 15 is 0 Å². The number of hydrogen-bond donors (Lipinski definition) is 1. The van der Waals surface area contributed by atoms with Gasteiger partial charge >= 0.3 is 6.18 Å². The summed E-state index contributed by atoms with van der Waals surface area (Å²) in [6, 6.07) is 2.17. The minimum Gasteiger partial charge on any atom is -0.479 e. The molecule has 1 aliphatic carbocycles. The van der Waals surface area contributed by atoms with Crippen LogP contribution < -0.4 is 10.1 Å². The number of amides is 1. The highest BCUT2D eigenvalue weighted by molar-refractivity contribution is 7.90. The molecule has 32 heavy (non-hydrogen) atoms. The molecule has 1 aliphatic rings. The number of nitrogens with one attached hydrogen (secondary N) is 1. The van der Waals surface area contributed by atoms with Crippen molar-refractivity contribution in [2.45, 2.75) is 42.9 Å². The summed E-state index contributed by atoms with van der Waals surface area (Å²) in [4.78, 5) is 16.5. The second-order valence-electron chi connectivity index (χ2n) is 7.49. The Hall–Kier alpha value is -2.77. The molecule has 0 saturated heterocycles. The SMILES string of the molecule is COc1nn(CC2CCC(F)(F)C2)c(C(=O)Nc2ccnc(S(C)(=O)=O)c2)c1C(F)(F)F. The van der Waals surface area contributed by atoms with Gasteiger partial charge in [-0.05, 0) is 24.5 Å². The smallest absolute Gasteiger partial charge is 0.423 e. The predicted octanol–water partition coefficient (Wildman–Crippen LogP) is 3.40. The topological polar surface area (TPSA) is 103 Å². The van der Waals surface area contributed by atoms with E-state index in [1.165, 1.54) is 6.07 Å². The lowest BCUT2D eigenvalue weighted by Gasteiger charge is -2.15. The van der Waals surface area contributed by atoms with Crippen LogP contribution in [0.25, 0.3) is 0 Å².